The van der Waals surface area contributed by atoms with E-state index in [0.717, 1.165) is 16.7 Å². The summed E-state index contributed by atoms with van der Waals surface area (Å²) in [5.74, 6) is -0.240. The Morgan fingerprint density at radius 2 is 1.92 bits per heavy atom. The summed E-state index contributed by atoms with van der Waals surface area (Å²) in [7, 11) is 1.55. The van der Waals surface area contributed by atoms with Crippen LogP contribution in [-0.2, 0) is 17.4 Å². The predicted octanol–water partition coefficient (Wildman–Crippen LogP) is 3.92. The van der Waals surface area contributed by atoms with E-state index >= 15 is 0 Å². The second-order valence-corrected chi connectivity index (χ2v) is 6.09. The summed E-state index contributed by atoms with van der Waals surface area (Å²) in [6, 6.07) is 6.84. The lowest BCUT2D eigenvalue weighted by atomic mass is 10.2. The topological polar surface area (TPSA) is 57.8 Å². The highest BCUT2D eigenvalue weighted by Crippen LogP contribution is 2.32. The minimum Gasteiger partial charge on any atom is -0.508 e. The molecule has 1 amide bonds. The Kier molecular flexibility index (Phi) is 4.53. The quantitative estimate of drug-likeness (QED) is 0.746. The van der Waals surface area contributed by atoms with Crippen LogP contribution in [0.3, 0.4) is 0 Å². The number of phenols is 1. The average Bonchev–Trinajstić information content (AvgIpc) is 2.97. The number of aromatic hydroxyl groups is 1. The van der Waals surface area contributed by atoms with E-state index in [1.54, 1.807) is 19.2 Å². The number of hydrogen-bond acceptors (Lipinski definition) is 3. The Hall–Kier alpha value is -2.74. The van der Waals surface area contributed by atoms with Crippen LogP contribution in [0.5, 0.6) is 5.75 Å². The standard InChI is InChI=1S/C17H13ClF3N3O2/c1-23(12-2-4-13(25)5-3-12)15(26)7-11-9-24-8-10(17(19,20)21)6-14(18)16(24)22-11/h2-6,8-9,25H,7H2,1H3. The molecule has 3 rings (SSSR count). The number of benzene rings is 1. The molecule has 0 aliphatic rings. The number of amides is 1. The molecule has 0 unspecified atom stereocenters. The van der Waals surface area contributed by atoms with E-state index in [4.69, 9.17) is 11.6 Å². The molecule has 3 aromatic rings. The van der Waals surface area contributed by atoms with Gasteiger partial charge in [0.25, 0.3) is 0 Å². The molecule has 0 radical (unpaired) electrons. The molecule has 1 N–H and O–H groups in total. The van der Waals surface area contributed by atoms with Gasteiger partial charge in [0.15, 0.2) is 5.65 Å². The fraction of sp³-hybridized carbons (Fsp3) is 0.176. The number of aromatic nitrogens is 2. The van der Waals surface area contributed by atoms with Crippen molar-refractivity contribution < 1.29 is 23.1 Å². The normalized spacial score (nSPS) is 11.7. The van der Waals surface area contributed by atoms with E-state index in [1.807, 2.05) is 0 Å². The van der Waals surface area contributed by atoms with Crippen molar-refractivity contribution in [1.82, 2.24) is 9.38 Å². The van der Waals surface area contributed by atoms with Gasteiger partial charge in [-0.1, -0.05) is 11.6 Å². The molecule has 26 heavy (non-hydrogen) atoms. The molecule has 0 fully saturated rings. The second kappa shape index (κ2) is 6.53. The number of phenolic OH excluding ortho intramolecular Hbond substituents is 1. The van der Waals surface area contributed by atoms with Crippen molar-refractivity contribution in [2.75, 3.05) is 11.9 Å². The van der Waals surface area contributed by atoms with E-state index < -0.39 is 11.7 Å². The minimum absolute atomic E-state index is 0.0741. The molecule has 136 valence electrons. The van der Waals surface area contributed by atoms with Crippen molar-refractivity contribution in [2.45, 2.75) is 12.6 Å². The van der Waals surface area contributed by atoms with Gasteiger partial charge in [0.2, 0.25) is 5.91 Å². The number of imidazole rings is 1. The van der Waals surface area contributed by atoms with Crippen molar-refractivity contribution in [1.29, 1.82) is 0 Å². The zero-order chi connectivity index (χ0) is 19.1. The molecular formula is C17H13ClF3N3O2. The van der Waals surface area contributed by atoms with Gasteiger partial charge in [0.05, 0.1) is 22.7 Å². The first kappa shape index (κ1) is 18.1. The van der Waals surface area contributed by atoms with E-state index in [9.17, 15) is 23.1 Å². The molecule has 1 aromatic carbocycles. The number of likely N-dealkylation sites (N-methyl/N-ethyl adjacent to an activating group) is 1. The lowest BCUT2D eigenvalue weighted by Gasteiger charge is -2.16. The molecule has 0 saturated carbocycles. The molecule has 0 aliphatic heterocycles. The Morgan fingerprint density at radius 3 is 2.54 bits per heavy atom. The van der Waals surface area contributed by atoms with Gasteiger partial charge in [0.1, 0.15) is 5.75 Å². The molecule has 2 heterocycles. The van der Waals surface area contributed by atoms with Gasteiger partial charge in [-0.05, 0) is 30.3 Å². The molecule has 9 heteroatoms. The van der Waals surface area contributed by atoms with E-state index in [2.05, 4.69) is 4.98 Å². The van der Waals surface area contributed by atoms with Gasteiger partial charge >= 0.3 is 6.18 Å². The van der Waals surface area contributed by atoms with Crippen LogP contribution in [0.2, 0.25) is 5.02 Å². The number of pyridine rings is 1. The molecule has 5 nitrogen and oxygen atoms in total. The molecule has 0 saturated heterocycles. The number of carbonyl (C=O) groups is 1. The Morgan fingerprint density at radius 1 is 1.27 bits per heavy atom. The predicted molar refractivity (Wildman–Crippen MR) is 90.4 cm³/mol. The van der Waals surface area contributed by atoms with Crippen LogP contribution in [0, 0.1) is 0 Å². The largest absolute Gasteiger partial charge is 0.508 e. The van der Waals surface area contributed by atoms with Gasteiger partial charge in [0, 0.05) is 25.1 Å². The van der Waals surface area contributed by atoms with Crippen LogP contribution in [0.1, 0.15) is 11.3 Å². The zero-order valence-corrected chi connectivity index (χ0v) is 14.2. The second-order valence-electron chi connectivity index (χ2n) is 5.68. The fourth-order valence-corrected chi connectivity index (χ4v) is 2.70. The summed E-state index contributed by atoms with van der Waals surface area (Å²) in [6.45, 7) is 0. The number of rotatable bonds is 3. The van der Waals surface area contributed by atoms with Crippen molar-refractivity contribution in [3.63, 3.8) is 0 Å². The highest BCUT2D eigenvalue weighted by molar-refractivity contribution is 6.33. The first-order chi connectivity index (χ1) is 12.1. The summed E-state index contributed by atoms with van der Waals surface area (Å²) in [6.07, 6.45) is -2.42. The summed E-state index contributed by atoms with van der Waals surface area (Å²) in [4.78, 5) is 17.9. The molecule has 0 spiro atoms. The SMILES string of the molecule is CN(C(=O)Cc1cn2cc(C(F)(F)F)cc(Cl)c2n1)c1ccc(O)cc1. The molecule has 0 aliphatic carbocycles. The summed E-state index contributed by atoms with van der Waals surface area (Å²) >= 11 is 5.89. The van der Waals surface area contributed by atoms with Crippen LogP contribution in [0.15, 0.2) is 42.7 Å². The smallest absolute Gasteiger partial charge is 0.417 e. The van der Waals surface area contributed by atoms with Crippen LogP contribution < -0.4 is 4.90 Å². The lowest BCUT2D eigenvalue weighted by Crippen LogP contribution is -2.27. The third-order valence-electron chi connectivity index (χ3n) is 3.83. The highest BCUT2D eigenvalue weighted by atomic mass is 35.5. The monoisotopic (exact) mass is 383 g/mol. The Balaban J connectivity index is 1.85. The van der Waals surface area contributed by atoms with E-state index in [-0.39, 0.29) is 28.7 Å². The minimum atomic E-state index is -4.53. The molecule has 0 atom stereocenters. The van der Waals surface area contributed by atoms with Gasteiger partial charge in [-0.15, -0.1) is 0 Å². The van der Waals surface area contributed by atoms with Crippen LogP contribution in [0.4, 0.5) is 18.9 Å². The third-order valence-corrected chi connectivity index (χ3v) is 4.11. The van der Waals surface area contributed by atoms with Gasteiger partial charge in [-0.2, -0.15) is 13.2 Å². The maximum Gasteiger partial charge on any atom is 0.417 e. The highest BCUT2D eigenvalue weighted by Gasteiger charge is 2.32. The molecule has 0 bridgehead atoms. The summed E-state index contributed by atoms with van der Waals surface area (Å²) in [5, 5.41) is 9.14. The number of anilines is 1. The lowest BCUT2D eigenvalue weighted by molar-refractivity contribution is -0.137. The number of hydrogen-bond donors (Lipinski definition) is 1. The first-order valence-corrected chi connectivity index (χ1v) is 7.83. The molecule has 2 aromatic heterocycles. The van der Waals surface area contributed by atoms with E-state index in [0.29, 0.717) is 11.4 Å². The van der Waals surface area contributed by atoms with Crippen molar-refractivity contribution in [2.24, 2.45) is 0 Å². The van der Waals surface area contributed by atoms with Gasteiger partial charge in [-0.25, -0.2) is 4.98 Å². The van der Waals surface area contributed by atoms with Crippen molar-refractivity contribution in [3.8, 4) is 5.75 Å². The maximum absolute atomic E-state index is 12.9. The Bertz CT molecular complexity index is 968. The van der Waals surface area contributed by atoms with E-state index in [1.165, 1.54) is 23.2 Å². The first-order valence-electron chi connectivity index (χ1n) is 7.45. The fourth-order valence-electron chi connectivity index (χ4n) is 2.44. The number of alkyl halides is 3. The number of halogens is 4. The van der Waals surface area contributed by atoms with Gasteiger partial charge in [-0.3, -0.25) is 4.79 Å². The van der Waals surface area contributed by atoms with Crippen molar-refractivity contribution >= 4 is 28.8 Å². The number of nitrogens with zero attached hydrogens (tertiary/aromatic N) is 3. The number of carbonyl (C=O) groups excluding carboxylic acids is 1. The molecular weight excluding hydrogens is 371 g/mol. The van der Waals surface area contributed by atoms with Crippen LogP contribution in [-0.4, -0.2) is 27.4 Å². The van der Waals surface area contributed by atoms with Crippen molar-refractivity contribution in [3.05, 3.63) is 59.0 Å². The zero-order valence-electron chi connectivity index (χ0n) is 13.5. The summed E-state index contributed by atoms with van der Waals surface area (Å²) in [5.41, 5.74) is 0.108. The van der Waals surface area contributed by atoms with Crippen LogP contribution in [0.25, 0.3) is 5.65 Å². The Labute approximate surface area is 151 Å². The third kappa shape index (κ3) is 3.60. The number of fused-ring (bicyclic) bond motifs is 1. The van der Waals surface area contributed by atoms with Crippen LogP contribution >= 0.6 is 11.6 Å². The average molecular weight is 384 g/mol. The summed E-state index contributed by atoms with van der Waals surface area (Å²) < 4.78 is 39.8. The van der Waals surface area contributed by atoms with Gasteiger partial charge < -0.3 is 14.4 Å². The maximum atomic E-state index is 12.9.